The van der Waals surface area contributed by atoms with Gasteiger partial charge in [-0.2, -0.15) is 0 Å². The molecule has 0 radical (unpaired) electrons. The Kier molecular flexibility index (Phi) is 5.28. The predicted molar refractivity (Wildman–Crippen MR) is 110 cm³/mol. The van der Waals surface area contributed by atoms with Crippen LogP contribution < -0.4 is 5.32 Å². The van der Waals surface area contributed by atoms with Gasteiger partial charge in [-0.3, -0.25) is 9.59 Å². The van der Waals surface area contributed by atoms with Crippen LogP contribution in [0.3, 0.4) is 0 Å². The maximum atomic E-state index is 13.6. The summed E-state index contributed by atoms with van der Waals surface area (Å²) >= 11 is 5.92. The monoisotopic (exact) mass is 413 g/mol. The van der Waals surface area contributed by atoms with Gasteiger partial charge in [0.05, 0.1) is 6.04 Å². The summed E-state index contributed by atoms with van der Waals surface area (Å²) in [5, 5.41) is 3.85. The zero-order chi connectivity index (χ0) is 20.5. The van der Waals surface area contributed by atoms with Crippen molar-refractivity contribution in [3.05, 3.63) is 71.2 Å². The largest absolute Gasteiger partial charge is 0.356 e. The van der Waals surface area contributed by atoms with Crippen LogP contribution in [0, 0.1) is 5.82 Å². The second-order valence-electron chi connectivity index (χ2n) is 7.07. The lowest BCUT2D eigenvalue weighted by Crippen LogP contribution is -2.55. The third kappa shape index (κ3) is 3.38. The standard InChI is InChI=1S/C22H21ClFN3O2/c1-2-25-22(29)18-11-16-15-5-3-4-6-17(15)26-20(16)21(27(18)19(28)12-23)13-7-9-14(24)10-8-13/h3-10,18,21,26H,2,11-12H2,1H3,(H,25,29)/t18?,21-/m0/s1. The number of fused-ring (bicyclic) bond motifs is 3. The van der Waals surface area contributed by atoms with Crippen LogP contribution in [0.1, 0.15) is 29.8 Å². The summed E-state index contributed by atoms with van der Waals surface area (Å²) in [6, 6.07) is 12.6. The minimum absolute atomic E-state index is 0.228. The summed E-state index contributed by atoms with van der Waals surface area (Å²) in [6.45, 7) is 2.29. The van der Waals surface area contributed by atoms with Crippen LogP contribution in [0.4, 0.5) is 4.39 Å². The molecule has 150 valence electrons. The van der Waals surface area contributed by atoms with Crippen molar-refractivity contribution >= 4 is 34.3 Å². The molecular weight excluding hydrogens is 393 g/mol. The maximum absolute atomic E-state index is 13.6. The number of rotatable bonds is 4. The fourth-order valence-electron chi connectivity index (χ4n) is 4.16. The number of carbonyl (C=O) groups excluding carboxylic acids is 2. The van der Waals surface area contributed by atoms with E-state index in [1.165, 1.54) is 17.0 Å². The molecule has 29 heavy (non-hydrogen) atoms. The van der Waals surface area contributed by atoms with Crippen LogP contribution in [0.2, 0.25) is 0 Å². The Labute approximate surface area is 172 Å². The summed E-state index contributed by atoms with van der Waals surface area (Å²) in [7, 11) is 0. The third-order valence-electron chi connectivity index (χ3n) is 5.37. The Morgan fingerprint density at radius 2 is 1.93 bits per heavy atom. The molecule has 1 aliphatic heterocycles. The number of benzene rings is 2. The molecular formula is C22H21ClFN3O2. The first-order valence-corrected chi connectivity index (χ1v) is 10.1. The number of likely N-dealkylation sites (N-methyl/N-ethyl adjacent to an activating group) is 1. The summed E-state index contributed by atoms with van der Waals surface area (Å²) in [6.07, 6.45) is 0.380. The molecule has 1 aliphatic rings. The first-order valence-electron chi connectivity index (χ1n) is 9.55. The summed E-state index contributed by atoms with van der Waals surface area (Å²) in [4.78, 5) is 30.7. The van der Waals surface area contributed by atoms with Gasteiger partial charge in [0, 0.05) is 29.6 Å². The van der Waals surface area contributed by atoms with Crippen LogP contribution in [0.15, 0.2) is 48.5 Å². The molecule has 2 aromatic carbocycles. The molecule has 2 N–H and O–H groups in total. The number of para-hydroxylation sites is 1. The molecule has 3 aromatic rings. The van der Waals surface area contributed by atoms with Gasteiger partial charge >= 0.3 is 0 Å². The molecule has 7 heteroatoms. The summed E-state index contributed by atoms with van der Waals surface area (Å²) in [5.74, 6) is -1.18. The zero-order valence-corrected chi connectivity index (χ0v) is 16.7. The van der Waals surface area contributed by atoms with E-state index >= 15 is 0 Å². The molecule has 0 spiro atoms. The van der Waals surface area contributed by atoms with Crippen molar-refractivity contribution < 1.29 is 14.0 Å². The molecule has 2 atom stereocenters. The molecule has 0 aliphatic carbocycles. The molecule has 2 amide bonds. The number of aromatic amines is 1. The maximum Gasteiger partial charge on any atom is 0.243 e. The van der Waals surface area contributed by atoms with E-state index in [-0.39, 0.29) is 23.5 Å². The molecule has 1 aromatic heterocycles. The Morgan fingerprint density at radius 1 is 1.21 bits per heavy atom. The number of aromatic nitrogens is 1. The van der Waals surface area contributed by atoms with E-state index < -0.39 is 12.1 Å². The molecule has 0 fully saturated rings. The Morgan fingerprint density at radius 3 is 2.62 bits per heavy atom. The highest BCUT2D eigenvalue weighted by Gasteiger charge is 2.42. The van der Waals surface area contributed by atoms with Crippen LogP contribution >= 0.6 is 11.6 Å². The third-order valence-corrected chi connectivity index (χ3v) is 5.60. The molecule has 5 nitrogen and oxygen atoms in total. The van der Waals surface area contributed by atoms with E-state index in [9.17, 15) is 14.0 Å². The van der Waals surface area contributed by atoms with Gasteiger partial charge in [0.2, 0.25) is 11.8 Å². The normalized spacial score (nSPS) is 18.5. The topological polar surface area (TPSA) is 65.2 Å². The van der Waals surface area contributed by atoms with Crippen LogP contribution in [0.5, 0.6) is 0 Å². The van der Waals surface area contributed by atoms with Crippen molar-refractivity contribution in [1.82, 2.24) is 15.2 Å². The first-order chi connectivity index (χ1) is 14.0. The second-order valence-corrected chi connectivity index (χ2v) is 7.33. The van der Waals surface area contributed by atoms with Gasteiger partial charge in [-0.1, -0.05) is 30.3 Å². The van der Waals surface area contributed by atoms with Gasteiger partial charge in [0.25, 0.3) is 0 Å². The highest BCUT2D eigenvalue weighted by atomic mass is 35.5. The molecule has 1 unspecified atom stereocenters. The van der Waals surface area contributed by atoms with Gasteiger partial charge < -0.3 is 15.2 Å². The second kappa shape index (κ2) is 7.87. The number of hydrogen-bond donors (Lipinski definition) is 2. The summed E-state index contributed by atoms with van der Waals surface area (Å²) < 4.78 is 13.6. The van der Waals surface area contributed by atoms with E-state index in [2.05, 4.69) is 10.3 Å². The van der Waals surface area contributed by atoms with Gasteiger partial charge in [0.1, 0.15) is 17.7 Å². The van der Waals surface area contributed by atoms with Crippen LogP contribution in [-0.4, -0.2) is 40.2 Å². The van der Waals surface area contributed by atoms with E-state index in [1.807, 2.05) is 31.2 Å². The van der Waals surface area contributed by atoms with Crippen molar-refractivity contribution in [2.75, 3.05) is 12.4 Å². The average molecular weight is 414 g/mol. The van der Waals surface area contributed by atoms with Gasteiger partial charge in [-0.25, -0.2) is 4.39 Å². The number of alkyl halides is 1. The van der Waals surface area contributed by atoms with E-state index in [1.54, 1.807) is 12.1 Å². The number of amides is 2. The smallest absolute Gasteiger partial charge is 0.243 e. The number of nitrogens with zero attached hydrogens (tertiary/aromatic N) is 1. The highest BCUT2D eigenvalue weighted by molar-refractivity contribution is 6.27. The van der Waals surface area contributed by atoms with Crippen LogP contribution in [-0.2, 0) is 16.0 Å². The predicted octanol–water partition coefficient (Wildman–Crippen LogP) is 3.52. The molecule has 0 saturated heterocycles. The fourth-order valence-corrected chi connectivity index (χ4v) is 4.29. The van der Waals surface area contributed by atoms with E-state index in [0.29, 0.717) is 18.5 Å². The number of halogens is 2. The van der Waals surface area contributed by atoms with Gasteiger partial charge in [-0.05, 0) is 36.2 Å². The number of H-pyrrole nitrogens is 1. The lowest BCUT2D eigenvalue weighted by molar-refractivity contribution is -0.141. The Hall–Kier alpha value is -2.86. The Bertz CT molecular complexity index is 1060. The van der Waals surface area contributed by atoms with Crippen molar-refractivity contribution in [1.29, 1.82) is 0 Å². The summed E-state index contributed by atoms with van der Waals surface area (Å²) in [5.41, 5.74) is 3.47. The van der Waals surface area contributed by atoms with Crippen molar-refractivity contribution in [3.63, 3.8) is 0 Å². The van der Waals surface area contributed by atoms with Crippen molar-refractivity contribution in [2.24, 2.45) is 0 Å². The lowest BCUT2D eigenvalue weighted by Gasteiger charge is -2.41. The first kappa shape index (κ1) is 19.5. The van der Waals surface area contributed by atoms with E-state index in [0.717, 1.165) is 22.2 Å². The van der Waals surface area contributed by atoms with Crippen molar-refractivity contribution in [3.8, 4) is 0 Å². The highest BCUT2D eigenvalue weighted by Crippen LogP contribution is 2.41. The zero-order valence-electron chi connectivity index (χ0n) is 15.9. The number of carbonyl (C=O) groups is 2. The van der Waals surface area contributed by atoms with Crippen LogP contribution in [0.25, 0.3) is 10.9 Å². The fraction of sp³-hybridized carbons (Fsp3) is 0.273. The van der Waals surface area contributed by atoms with Crippen molar-refractivity contribution in [2.45, 2.75) is 25.4 Å². The number of hydrogen-bond acceptors (Lipinski definition) is 2. The van der Waals surface area contributed by atoms with E-state index in [4.69, 9.17) is 11.6 Å². The molecule has 4 rings (SSSR count). The number of nitrogens with one attached hydrogen (secondary N) is 2. The van der Waals surface area contributed by atoms with Gasteiger partial charge in [0.15, 0.2) is 0 Å². The average Bonchev–Trinajstić information content (AvgIpc) is 3.11. The quantitative estimate of drug-likeness (QED) is 0.643. The minimum Gasteiger partial charge on any atom is -0.356 e. The molecule has 0 saturated carbocycles. The lowest BCUT2D eigenvalue weighted by atomic mass is 9.87. The Balaban J connectivity index is 1.95. The molecule has 0 bridgehead atoms. The SMILES string of the molecule is CCNC(=O)C1Cc2c([nH]c3ccccc23)[C@H](c2ccc(F)cc2)N1C(=O)CCl. The minimum atomic E-state index is -0.706. The van der Waals surface area contributed by atoms with Gasteiger partial charge in [-0.15, -0.1) is 11.6 Å². The molecule has 2 heterocycles.